The first-order valence-corrected chi connectivity index (χ1v) is 10.3. The molecule has 8 nitrogen and oxygen atoms in total. The van der Waals surface area contributed by atoms with Crippen LogP contribution in [0.15, 0.2) is 29.3 Å². The maximum Gasteiger partial charge on any atom is 0.251 e. The number of carbonyl (C=O) groups is 2. The number of aliphatic imine (C=N–C) groups is 1. The Morgan fingerprint density at radius 1 is 1.07 bits per heavy atom. The molecule has 0 radical (unpaired) electrons. The summed E-state index contributed by atoms with van der Waals surface area (Å²) < 4.78 is 5.98. The van der Waals surface area contributed by atoms with Crippen molar-refractivity contribution in [3.63, 3.8) is 0 Å². The molecule has 0 spiro atoms. The highest BCUT2D eigenvalue weighted by molar-refractivity contribution is 5.96. The number of rotatable bonds is 9. The summed E-state index contributed by atoms with van der Waals surface area (Å²) in [6.07, 6.45) is 7.93. The van der Waals surface area contributed by atoms with Gasteiger partial charge in [0, 0.05) is 25.7 Å². The Morgan fingerprint density at radius 3 is 2.38 bits per heavy atom. The second kappa shape index (κ2) is 12.8. The largest absolute Gasteiger partial charge is 0.376 e. The Labute approximate surface area is 172 Å². The van der Waals surface area contributed by atoms with Gasteiger partial charge in [-0.25, -0.2) is 0 Å². The fourth-order valence-electron chi connectivity index (χ4n) is 3.25. The maximum absolute atomic E-state index is 11.9. The molecule has 0 atom stereocenters. The predicted molar refractivity (Wildman–Crippen MR) is 114 cm³/mol. The first-order chi connectivity index (χ1) is 14.1. The average Bonchev–Trinajstić information content (AvgIpc) is 3.00. The minimum atomic E-state index is -0.572. The summed E-state index contributed by atoms with van der Waals surface area (Å²) in [5.74, 6) is -0.190. The van der Waals surface area contributed by atoms with Gasteiger partial charge in [0.25, 0.3) is 5.91 Å². The van der Waals surface area contributed by atoms with Gasteiger partial charge in [0.05, 0.1) is 19.3 Å². The highest BCUT2D eigenvalue weighted by atomic mass is 16.5. The van der Waals surface area contributed by atoms with E-state index in [0.717, 1.165) is 5.56 Å². The summed E-state index contributed by atoms with van der Waals surface area (Å²) in [5.41, 5.74) is 6.51. The molecule has 0 unspecified atom stereocenters. The van der Waals surface area contributed by atoms with Crippen molar-refractivity contribution in [2.24, 2.45) is 10.7 Å². The molecule has 1 fully saturated rings. The first kappa shape index (κ1) is 22.7. The zero-order valence-electron chi connectivity index (χ0n) is 17.2. The maximum atomic E-state index is 11.9. The Morgan fingerprint density at radius 2 is 1.76 bits per heavy atom. The van der Waals surface area contributed by atoms with Gasteiger partial charge in [-0.05, 0) is 30.5 Å². The van der Waals surface area contributed by atoms with Gasteiger partial charge in [0.15, 0.2) is 5.96 Å². The number of nitrogens with one attached hydrogen (secondary N) is 3. The van der Waals surface area contributed by atoms with Gasteiger partial charge in [0.1, 0.15) is 0 Å². The third-order valence-electron chi connectivity index (χ3n) is 4.87. The van der Waals surface area contributed by atoms with Gasteiger partial charge in [-0.3, -0.25) is 14.6 Å². The zero-order chi connectivity index (χ0) is 20.9. The van der Waals surface area contributed by atoms with Gasteiger partial charge in [-0.2, -0.15) is 0 Å². The van der Waals surface area contributed by atoms with Crippen LogP contribution in [0.25, 0.3) is 0 Å². The van der Waals surface area contributed by atoms with Crippen molar-refractivity contribution in [2.75, 3.05) is 26.7 Å². The molecule has 0 bridgehead atoms. The number of ether oxygens (including phenoxy) is 1. The molecule has 8 heteroatoms. The molecule has 2 amide bonds. The van der Waals surface area contributed by atoms with E-state index in [-0.39, 0.29) is 12.5 Å². The van der Waals surface area contributed by atoms with Crippen molar-refractivity contribution in [3.05, 3.63) is 35.4 Å². The molecule has 0 aliphatic heterocycles. The number of carbonyl (C=O) groups excluding carboxylic acids is 2. The Bertz CT molecular complexity index is 667. The van der Waals surface area contributed by atoms with E-state index in [9.17, 15) is 9.59 Å². The summed E-state index contributed by atoms with van der Waals surface area (Å²) in [7, 11) is 1.73. The summed E-state index contributed by atoms with van der Waals surface area (Å²) in [5, 5.41) is 8.97. The molecule has 160 valence electrons. The van der Waals surface area contributed by atoms with E-state index in [4.69, 9.17) is 10.5 Å². The molecule has 1 aromatic rings. The molecular weight excluding hydrogens is 370 g/mol. The number of guanidine groups is 1. The summed E-state index contributed by atoms with van der Waals surface area (Å²) in [6.45, 7) is 1.77. The Hall–Kier alpha value is -2.61. The van der Waals surface area contributed by atoms with Gasteiger partial charge in [-0.15, -0.1) is 0 Å². The molecule has 1 aliphatic carbocycles. The molecular formula is C21H33N5O3. The molecule has 0 heterocycles. The second-order valence-corrected chi connectivity index (χ2v) is 7.18. The fourth-order valence-corrected chi connectivity index (χ4v) is 3.25. The first-order valence-electron chi connectivity index (χ1n) is 10.3. The molecule has 2 rings (SSSR count). The van der Waals surface area contributed by atoms with Crippen molar-refractivity contribution in [3.8, 4) is 0 Å². The van der Waals surface area contributed by atoms with Crippen LogP contribution in [0.1, 0.15) is 54.4 Å². The molecule has 5 N–H and O–H groups in total. The van der Waals surface area contributed by atoms with Crippen LogP contribution in [0.4, 0.5) is 0 Å². The lowest BCUT2D eigenvalue weighted by Gasteiger charge is -2.17. The topological polar surface area (TPSA) is 118 Å². The molecule has 29 heavy (non-hydrogen) atoms. The molecule has 1 saturated carbocycles. The number of amides is 2. The third-order valence-corrected chi connectivity index (χ3v) is 4.87. The van der Waals surface area contributed by atoms with Crippen LogP contribution in [-0.4, -0.2) is 50.6 Å². The van der Waals surface area contributed by atoms with Crippen LogP contribution >= 0.6 is 0 Å². The van der Waals surface area contributed by atoms with E-state index in [1.54, 1.807) is 19.2 Å². The number of benzene rings is 1. The number of hydrogen-bond donors (Lipinski definition) is 4. The van der Waals surface area contributed by atoms with E-state index in [1.807, 2.05) is 12.1 Å². The van der Waals surface area contributed by atoms with Crippen LogP contribution < -0.4 is 21.7 Å². The van der Waals surface area contributed by atoms with Gasteiger partial charge >= 0.3 is 0 Å². The van der Waals surface area contributed by atoms with E-state index >= 15 is 0 Å². The van der Waals surface area contributed by atoms with Crippen LogP contribution in [0, 0.1) is 0 Å². The van der Waals surface area contributed by atoms with Crippen molar-refractivity contribution in [1.29, 1.82) is 0 Å². The Kier molecular flexibility index (Phi) is 9.99. The van der Waals surface area contributed by atoms with E-state index in [2.05, 4.69) is 20.9 Å². The average molecular weight is 404 g/mol. The van der Waals surface area contributed by atoms with Gasteiger partial charge < -0.3 is 26.4 Å². The summed E-state index contributed by atoms with van der Waals surface area (Å²) in [4.78, 5) is 26.8. The summed E-state index contributed by atoms with van der Waals surface area (Å²) in [6, 6.07) is 7.14. The zero-order valence-corrected chi connectivity index (χ0v) is 17.2. The van der Waals surface area contributed by atoms with Crippen LogP contribution in [0.3, 0.4) is 0 Å². The normalized spacial score (nSPS) is 15.4. The molecule has 1 aromatic carbocycles. The second-order valence-electron chi connectivity index (χ2n) is 7.18. The lowest BCUT2D eigenvalue weighted by Crippen LogP contribution is -2.39. The van der Waals surface area contributed by atoms with Crippen LogP contribution in [0.2, 0.25) is 0 Å². The standard InChI is InChI=1S/C21H33N5O3/c1-23-21(24-12-13-29-18-6-4-2-3-5-7-18)26-14-16-8-10-17(11-9-16)20(28)25-15-19(22)27/h8-11,18H,2-7,12-15H2,1H3,(H2,22,27)(H,25,28)(H2,23,24,26). The lowest BCUT2D eigenvalue weighted by molar-refractivity contribution is -0.117. The smallest absolute Gasteiger partial charge is 0.251 e. The van der Waals surface area contributed by atoms with Gasteiger partial charge in [0.2, 0.25) is 5.91 Å². The highest BCUT2D eigenvalue weighted by Crippen LogP contribution is 2.19. The van der Waals surface area contributed by atoms with E-state index < -0.39 is 5.91 Å². The minimum absolute atomic E-state index is 0.172. The van der Waals surface area contributed by atoms with Gasteiger partial charge in [-0.1, -0.05) is 37.8 Å². The number of nitrogens with zero attached hydrogens (tertiary/aromatic N) is 1. The summed E-state index contributed by atoms with van der Waals surface area (Å²) >= 11 is 0. The Balaban J connectivity index is 1.67. The fraction of sp³-hybridized carbons (Fsp3) is 0.571. The highest BCUT2D eigenvalue weighted by Gasteiger charge is 2.12. The SMILES string of the molecule is CN=C(NCCOC1CCCCCC1)NCc1ccc(C(=O)NCC(N)=O)cc1. The molecule has 0 aromatic heterocycles. The number of hydrogen-bond acceptors (Lipinski definition) is 4. The minimum Gasteiger partial charge on any atom is -0.376 e. The van der Waals surface area contributed by atoms with E-state index in [1.165, 1.54) is 38.5 Å². The number of primary amides is 1. The van der Waals surface area contributed by atoms with Crippen molar-refractivity contribution < 1.29 is 14.3 Å². The van der Waals surface area contributed by atoms with Crippen molar-refractivity contribution >= 4 is 17.8 Å². The van der Waals surface area contributed by atoms with Crippen molar-refractivity contribution in [1.82, 2.24) is 16.0 Å². The number of nitrogens with two attached hydrogens (primary N) is 1. The van der Waals surface area contributed by atoms with E-state index in [0.29, 0.717) is 37.3 Å². The lowest BCUT2D eigenvalue weighted by atomic mass is 10.1. The monoisotopic (exact) mass is 403 g/mol. The quantitative estimate of drug-likeness (QED) is 0.215. The molecule has 1 aliphatic rings. The van der Waals surface area contributed by atoms with Crippen molar-refractivity contribution in [2.45, 2.75) is 51.2 Å². The predicted octanol–water partition coefficient (Wildman–Crippen LogP) is 1.31. The molecule has 0 saturated heterocycles. The van der Waals surface area contributed by atoms with Crippen LogP contribution in [0.5, 0.6) is 0 Å². The van der Waals surface area contributed by atoms with Crippen LogP contribution in [-0.2, 0) is 16.1 Å². The third kappa shape index (κ3) is 8.95.